The second-order valence-corrected chi connectivity index (χ2v) is 6.24. The molecule has 0 radical (unpaired) electrons. The number of anilines is 1. The summed E-state index contributed by atoms with van der Waals surface area (Å²) in [6.07, 6.45) is 1.99. The van der Waals surface area contributed by atoms with Crippen LogP contribution in [-0.4, -0.2) is 36.3 Å². The number of hydrogen-bond acceptors (Lipinski definition) is 4. The summed E-state index contributed by atoms with van der Waals surface area (Å²) in [5.41, 5.74) is 7.65. The number of likely N-dealkylation sites (N-methyl/N-ethyl adjacent to an activating group) is 1. The third-order valence-corrected chi connectivity index (χ3v) is 3.96. The number of nitrogens with zero attached hydrogens (tertiary/aromatic N) is 1. The lowest BCUT2D eigenvalue weighted by atomic mass is 10.1. The first-order valence-corrected chi connectivity index (χ1v) is 8.55. The van der Waals surface area contributed by atoms with Crippen LogP contribution in [0.3, 0.4) is 0 Å². The van der Waals surface area contributed by atoms with Gasteiger partial charge in [0.15, 0.2) is 0 Å². The average Bonchev–Trinajstić information content (AvgIpc) is 2.42. The lowest BCUT2D eigenvalue weighted by molar-refractivity contribution is -0.120. The Morgan fingerprint density at radius 2 is 2.14 bits per heavy atom. The van der Waals surface area contributed by atoms with E-state index in [9.17, 15) is 4.79 Å². The quantitative estimate of drug-likeness (QED) is 0.595. The molecule has 0 saturated heterocycles. The number of nitrogens with one attached hydrogen (secondary N) is 1. The molecule has 0 spiro atoms. The first-order valence-electron chi connectivity index (χ1n) is 6.91. The van der Waals surface area contributed by atoms with Crippen LogP contribution in [-0.2, 0) is 4.79 Å². The molecule has 6 heteroatoms. The van der Waals surface area contributed by atoms with Gasteiger partial charge in [-0.25, -0.2) is 0 Å². The molecule has 0 unspecified atom stereocenters. The van der Waals surface area contributed by atoms with Crippen LogP contribution in [0.5, 0.6) is 0 Å². The zero-order valence-electron chi connectivity index (χ0n) is 13.0. The van der Waals surface area contributed by atoms with E-state index in [4.69, 9.17) is 18.0 Å². The molecule has 116 valence electrons. The zero-order valence-corrected chi connectivity index (χ0v) is 14.6. The third kappa shape index (κ3) is 4.89. The van der Waals surface area contributed by atoms with Crippen molar-refractivity contribution < 1.29 is 4.79 Å². The molecule has 1 rings (SSSR count). The van der Waals surface area contributed by atoms with Crippen LogP contribution in [0.4, 0.5) is 5.69 Å². The van der Waals surface area contributed by atoms with Crippen molar-refractivity contribution in [2.75, 3.05) is 24.2 Å². The number of nitrogens with two attached hydrogens (primary N) is 1. The summed E-state index contributed by atoms with van der Waals surface area (Å²) in [4.78, 5) is 15.4. The van der Waals surface area contributed by atoms with E-state index in [0.717, 1.165) is 16.1 Å². The Labute approximate surface area is 136 Å². The molecule has 0 aliphatic rings. The van der Waals surface area contributed by atoms with E-state index >= 15 is 0 Å². The molecule has 0 aliphatic heterocycles. The third-order valence-electron chi connectivity index (χ3n) is 2.98. The minimum Gasteiger partial charge on any atom is -0.389 e. The van der Waals surface area contributed by atoms with E-state index in [0.29, 0.717) is 18.1 Å². The van der Waals surface area contributed by atoms with Crippen molar-refractivity contribution in [3.63, 3.8) is 0 Å². The molecule has 0 heterocycles. The van der Waals surface area contributed by atoms with Crippen molar-refractivity contribution in [1.82, 2.24) is 5.32 Å². The smallest absolute Gasteiger partial charge is 0.239 e. The second kappa shape index (κ2) is 8.24. The van der Waals surface area contributed by atoms with Crippen LogP contribution in [0.2, 0.25) is 0 Å². The fourth-order valence-electron chi connectivity index (χ4n) is 2.11. The molecule has 1 aromatic carbocycles. The van der Waals surface area contributed by atoms with Gasteiger partial charge in [0, 0.05) is 28.7 Å². The molecule has 0 fully saturated rings. The SMILES string of the molecule is CCN(CC(=O)NC(C)C)c1cccc(SC)c1C(N)=S. The summed E-state index contributed by atoms with van der Waals surface area (Å²) < 4.78 is 0. The fourth-order valence-corrected chi connectivity index (χ4v) is 3.02. The van der Waals surface area contributed by atoms with Gasteiger partial charge in [-0.15, -0.1) is 11.8 Å². The molecule has 0 aromatic heterocycles. The molecule has 0 aliphatic carbocycles. The maximum atomic E-state index is 12.0. The number of thiocarbonyl (C=S) groups is 1. The first kappa shape index (κ1) is 17.8. The number of carbonyl (C=O) groups excluding carboxylic acids is 1. The molecular weight excluding hydrogens is 302 g/mol. The van der Waals surface area contributed by atoms with Crippen molar-refractivity contribution in [3.8, 4) is 0 Å². The number of hydrogen-bond donors (Lipinski definition) is 2. The maximum absolute atomic E-state index is 12.0. The number of thioether (sulfide) groups is 1. The highest BCUT2D eigenvalue weighted by molar-refractivity contribution is 7.98. The molecule has 0 saturated carbocycles. The van der Waals surface area contributed by atoms with E-state index in [1.807, 2.05) is 50.1 Å². The highest BCUT2D eigenvalue weighted by Gasteiger charge is 2.17. The standard InChI is InChI=1S/C15H23N3OS2/c1-5-18(9-13(19)17-10(2)3)11-7-6-8-12(21-4)14(11)15(16)20/h6-8,10H,5,9H2,1-4H3,(H2,16,20)(H,17,19). The summed E-state index contributed by atoms with van der Waals surface area (Å²) in [6, 6.07) is 6.04. The monoisotopic (exact) mass is 325 g/mol. The topological polar surface area (TPSA) is 58.4 Å². The lowest BCUT2D eigenvalue weighted by Crippen LogP contribution is -2.40. The average molecular weight is 326 g/mol. The fraction of sp³-hybridized carbons (Fsp3) is 0.467. The molecule has 3 N–H and O–H groups in total. The lowest BCUT2D eigenvalue weighted by Gasteiger charge is -2.26. The predicted molar refractivity (Wildman–Crippen MR) is 95.3 cm³/mol. The van der Waals surface area contributed by atoms with E-state index in [2.05, 4.69) is 5.32 Å². The summed E-state index contributed by atoms with van der Waals surface area (Å²) in [5.74, 6) is -0.00436. The van der Waals surface area contributed by atoms with E-state index < -0.39 is 0 Å². The van der Waals surface area contributed by atoms with Crippen molar-refractivity contribution in [3.05, 3.63) is 23.8 Å². The van der Waals surface area contributed by atoms with Crippen LogP contribution in [0.25, 0.3) is 0 Å². The molecule has 21 heavy (non-hydrogen) atoms. The summed E-state index contributed by atoms with van der Waals surface area (Å²) >= 11 is 6.79. The molecule has 0 atom stereocenters. The van der Waals surface area contributed by atoms with Gasteiger partial charge in [0.2, 0.25) is 5.91 Å². The maximum Gasteiger partial charge on any atom is 0.239 e. The van der Waals surface area contributed by atoms with Gasteiger partial charge in [-0.05, 0) is 39.2 Å². The molecule has 4 nitrogen and oxygen atoms in total. The first-order chi connectivity index (χ1) is 9.90. The van der Waals surface area contributed by atoms with Crippen molar-refractivity contribution in [1.29, 1.82) is 0 Å². The highest BCUT2D eigenvalue weighted by atomic mass is 32.2. The van der Waals surface area contributed by atoms with Crippen LogP contribution in [0.15, 0.2) is 23.1 Å². The Hall–Kier alpha value is -1.27. The summed E-state index contributed by atoms with van der Waals surface area (Å²) in [5, 5.41) is 2.90. The molecule has 0 bridgehead atoms. The molecular formula is C15H23N3OS2. The Kier molecular flexibility index (Phi) is 6.98. The van der Waals surface area contributed by atoms with Gasteiger partial charge in [-0.3, -0.25) is 4.79 Å². The van der Waals surface area contributed by atoms with Crippen molar-refractivity contribution in [2.45, 2.75) is 31.7 Å². The zero-order chi connectivity index (χ0) is 16.0. The van der Waals surface area contributed by atoms with Gasteiger partial charge in [0.25, 0.3) is 0 Å². The number of rotatable bonds is 7. The Bertz CT molecular complexity index is 518. The van der Waals surface area contributed by atoms with Gasteiger partial charge in [-0.2, -0.15) is 0 Å². The minimum absolute atomic E-state index is 0.00436. The Morgan fingerprint density at radius 1 is 1.48 bits per heavy atom. The second-order valence-electron chi connectivity index (χ2n) is 4.96. The summed E-state index contributed by atoms with van der Waals surface area (Å²) in [7, 11) is 0. The Morgan fingerprint density at radius 3 is 2.62 bits per heavy atom. The van der Waals surface area contributed by atoms with Gasteiger partial charge in [0.05, 0.1) is 6.54 Å². The van der Waals surface area contributed by atoms with Crippen LogP contribution >= 0.6 is 24.0 Å². The largest absolute Gasteiger partial charge is 0.389 e. The highest BCUT2D eigenvalue weighted by Crippen LogP contribution is 2.29. The molecule has 1 amide bonds. The van der Waals surface area contributed by atoms with Crippen LogP contribution < -0.4 is 16.0 Å². The van der Waals surface area contributed by atoms with E-state index in [1.165, 1.54) is 0 Å². The van der Waals surface area contributed by atoms with E-state index in [1.54, 1.807) is 11.8 Å². The number of benzene rings is 1. The van der Waals surface area contributed by atoms with Gasteiger partial charge < -0.3 is 16.0 Å². The summed E-state index contributed by atoms with van der Waals surface area (Å²) in [6.45, 7) is 6.91. The van der Waals surface area contributed by atoms with Gasteiger partial charge in [-0.1, -0.05) is 18.3 Å². The molecule has 1 aromatic rings. The normalized spacial score (nSPS) is 10.5. The predicted octanol–water partition coefficient (Wildman–Crippen LogP) is 2.39. The van der Waals surface area contributed by atoms with Crippen LogP contribution in [0.1, 0.15) is 26.3 Å². The number of amides is 1. The van der Waals surface area contributed by atoms with E-state index in [-0.39, 0.29) is 11.9 Å². The van der Waals surface area contributed by atoms with Gasteiger partial charge in [0.1, 0.15) is 4.99 Å². The minimum atomic E-state index is -0.00436. The van der Waals surface area contributed by atoms with Crippen LogP contribution in [0, 0.1) is 0 Å². The Balaban J connectivity index is 3.11. The van der Waals surface area contributed by atoms with Crippen molar-refractivity contribution >= 4 is 40.6 Å². The van der Waals surface area contributed by atoms with Gasteiger partial charge >= 0.3 is 0 Å². The van der Waals surface area contributed by atoms with Crippen molar-refractivity contribution in [2.24, 2.45) is 5.73 Å². The number of carbonyl (C=O) groups is 1.